The van der Waals surface area contributed by atoms with Crippen molar-refractivity contribution in [2.45, 2.75) is 0 Å². The van der Waals surface area contributed by atoms with Gasteiger partial charge in [0.2, 0.25) is 10.0 Å². The Morgan fingerprint density at radius 1 is 1.00 bits per heavy atom. The van der Waals surface area contributed by atoms with Gasteiger partial charge in [0.05, 0.1) is 25.5 Å². The van der Waals surface area contributed by atoms with Gasteiger partial charge in [-0.1, -0.05) is 12.1 Å². The van der Waals surface area contributed by atoms with Crippen molar-refractivity contribution in [2.24, 2.45) is 0 Å². The number of nitrogens with one attached hydrogen (secondary N) is 1. The first-order valence-electron chi connectivity index (χ1n) is 7.40. The van der Waals surface area contributed by atoms with Gasteiger partial charge in [-0.2, -0.15) is 0 Å². The number of carbonyl (C=O) groups is 1. The zero-order chi connectivity index (χ0) is 18.3. The molecule has 0 atom stereocenters. The molecular formula is C17H19NO6S. The van der Waals surface area contributed by atoms with E-state index >= 15 is 0 Å². The molecule has 0 aliphatic rings. The molecule has 2 aromatic carbocycles. The van der Waals surface area contributed by atoms with E-state index in [1.807, 2.05) is 0 Å². The van der Waals surface area contributed by atoms with Gasteiger partial charge in [0, 0.05) is 0 Å². The highest BCUT2D eigenvalue weighted by atomic mass is 32.2. The van der Waals surface area contributed by atoms with Crippen LogP contribution in [0.25, 0.3) is 0 Å². The number of sulfonamides is 1. The maximum absolute atomic E-state index is 12.2. The van der Waals surface area contributed by atoms with Crippen LogP contribution in [0.1, 0.15) is 10.4 Å². The second-order valence-corrected chi connectivity index (χ2v) is 6.82. The number of carbonyl (C=O) groups excluding carboxylic acids is 1. The predicted octanol–water partition coefficient (Wildman–Crippen LogP) is 2.30. The number of methoxy groups -OCH3 is 2. The molecule has 0 unspecified atom stereocenters. The molecule has 7 nitrogen and oxygen atoms in total. The predicted molar refractivity (Wildman–Crippen MR) is 93.7 cm³/mol. The van der Waals surface area contributed by atoms with Crippen molar-refractivity contribution in [3.05, 3.63) is 54.1 Å². The van der Waals surface area contributed by atoms with Gasteiger partial charge in [-0.25, -0.2) is 13.2 Å². The lowest BCUT2D eigenvalue weighted by molar-refractivity contribution is 0.0602. The lowest BCUT2D eigenvalue weighted by Gasteiger charge is -2.12. The third-order valence-electron chi connectivity index (χ3n) is 3.28. The summed E-state index contributed by atoms with van der Waals surface area (Å²) in [4.78, 5) is 11.7. The van der Waals surface area contributed by atoms with E-state index in [4.69, 9.17) is 9.47 Å². The minimum atomic E-state index is -3.69. The first-order chi connectivity index (χ1) is 11.9. The highest BCUT2D eigenvalue weighted by Gasteiger charge is 2.17. The van der Waals surface area contributed by atoms with Crippen LogP contribution in [-0.2, 0) is 14.8 Å². The van der Waals surface area contributed by atoms with E-state index in [9.17, 15) is 13.2 Å². The van der Waals surface area contributed by atoms with E-state index in [-0.39, 0.29) is 23.6 Å². The highest BCUT2D eigenvalue weighted by Crippen LogP contribution is 2.19. The molecule has 0 aliphatic carbocycles. The van der Waals surface area contributed by atoms with Crippen LogP contribution in [0.3, 0.4) is 0 Å². The van der Waals surface area contributed by atoms with Crippen LogP contribution in [0.4, 0.5) is 5.69 Å². The monoisotopic (exact) mass is 365 g/mol. The standard InChI is InChI=1S/C17H19NO6S/c1-22-13-7-9-14(10-8-13)24-11-12-25(20,21)18-16-6-4-3-5-15(16)17(19)23-2/h3-10,18H,11-12H2,1-2H3. The van der Waals surface area contributed by atoms with E-state index in [1.165, 1.54) is 19.2 Å². The fourth-order valence-electron chi connectivity index (χ4n) is 2.02. The minimum Gasteiger partial charge on any atom is -0.497 e. The summed E-state index contributed by atoms with van der Waals surface area (Å²) in [6.07, 6.45) is 0. The number of para-hydroxylation sites is 1. The summed E-state index contributed by atoms with van der Waals surface area (Å²) in [5.74, 6) is 0.328. The Morgan fingerprint density at radius 2 is 1.64 bits per heavy atom. The fraction of sp³-hybridized carbons (Fsp3) is 0.235. The molecular weight excluding hydrogens is 346 g/mol. The van der Waals surface area contributed by atoms with Crippen molar-refractivity contribution in [1.82, 2.24) is 0 Å². The molecule has 0 spiro atoms. The normalized spacial score (nSPS) is 10.8. The van der Waals surface area contributed by atoms with Crippen molar-refractivity contribution < 1.29 is 27.4 Å². The summed E-state index contributed by atoms with van der Waals surface area (Å²) < 4.78 is 41.8. The molecule has 0 bridgehead atoms. The summed E-state index contributed by atoms with van der Waals surface area (Å²) in [6.45, 7) is -0.0396. The molecule has 2 aromatic rings. The van der Waals surface area contributed by atoms with E-state index in [0.29, 0.717) is 11.5 Å². The summed E-state index contributed by atoms with van der Waals surface area (Å²) >= 11 is 0. The number of rotatable bonds is 8. The Hall–Kier alpha value is -2.74. The van der Waals surface area contributed by atoms with Crippen LogP contribution in [0.5, 0.6) is 11.5 Å². The molecule has 0 heterocycles. The van der Waals surface area contributed by atoms with Gasteiger partial charge in [-0.3, -0.25) is 4.72 Å². The maximum Gasteiger partial charge on any atom is 0.339 e. The molecule has 0 radical (unpaired) electrons. The fourth-order valence-corrected chi connectivity index (χ4v) is 2.94. The molecule has 0 fully saturated rings. The molecule has 1 N–H and O–H groups in total. The quantitative estimate of drug-likeness (QED) is 0.722. The van der Waals surface area contributed by atoms with Crippen molar-refractivity contribution in [1.29, 1.82) is 0 Å². The van der Waals surface area contributed by atoms with Crippen LogP contribution < -0.4 is 14.2 Å². The number of hydrogen-bond donors (Lipinski definition) is 1. The van der Waals surface area contributed by atoms with E-state index in [1.54, 1.807) is 43.5 Å². The van der Waals surface area contributed by atoms with E-state index in [0.717, 1.165) is 0 Å². The zero-order valence-electron chi connectivity index (χ0n) is 13.9. The van der Waals surface area contributed by atoms with Crippen LogP contribution in [-0.4, -0.2) is 41.0 Å². The average molecular weight is 365 g/mol. The molecule has 25 heavy (non-hydrogen) atoms. The topological polar surface area (TPSA) is 90.9 Å². The third-order valence-corrected chi connectivity index (χ3v) is 4.51. The summed E-state index contributed by atoms with van der Waals surface area (Å²) in [5.41, 5.74) is 0.309. The first-order valence-corrected chi connectivity index (χ1v) is 9.05. The number of anilines is 1. The van der Waals surface area contributed by atoms with Crippen LogP contribution in [0.15, 0.2) is 48.5 Å². The van der Waals surface area contributed by atoms with Crippen molar-refractivity contribution in [3.63, 3.8) is 0 Å². The van der Waals surface area contributed by atoms with Gasteiger partial charge in [0.1, 0.15) is 23.9 Å². The first kappa shape index (κ1) is 18.6. The Balaban J connectivity index is 1.97. The van der Waals surface area contributed by atoms with Gasteiger partial charge >= 0.3 is 5.97 Å². The molecule has 0 aliphatic heterocycles. The van der Waals surface area contributed by atoms with Gasteiger partial charge in [0.25, 0.3) is 0 Å². The van der Waals surface area contributed by atoms with Crippen LogP contribution in [0.2, 0.25) is 0 Å². The largest absolute Gasteiger partial charge is 0.497 e. The van der Waals surface area contributed by atoms with Crippen molar-refractivity contribution >= 4 is 21.7 Å². The summed E-state index contributed by atoms with van der Waals surface area (Å²) in [5, 5.41) is 0. The van der Waals surface area contributed by atoms with E-state index in [2.05, 4.69) is 9.46 Å². The van der Waals surface area contributed by atoms with Gasteiger partial charge in [-0.05, 0) is 36.4 Å². The second kappa shape index (κ2) is 8.39. The molecule has 134 valence electrons. The average Bonchev–Trinajstić information content (AvgIpc) is 2.61. The second-order valence-electron chi connectivity index (χ2n) is 4.98. The van der Waals surface area contributed by atoms with Gasteiger partial charge in [0.15, 0.2) is 0 Å². The van der Waals surface area contributed by atoms with E-state index < -0.39 is 16.0 Å². The summed E-state index contributed by atoms with van der Waals surface area (Å²) in [7, 11) is -0.901. The Kier molecular flexibility index (Phi) is 6.24. The number of benzene rings is 2. The molecule has 0 saturated heterocycles. The molecule has 8 heteroatoms. The molecule has 2 rings (SSSR count). The highest BCUT2D eigenvalue weighted by molar-refractivity contribution is 7.92. The third kappa shape index (κ3) is 5.39. The Labute approximate surface area is 146 Å². The lowest BCUT2D eigenvalue weighted by atomic mass is 10.2. The number of ether oxygens (including phenoxy) is 3. The molecule has 0 aromatic heterocycles. The molecule has 0 amide bonds. The van der Waals surface area contributed by atoms with Crippen molar-refractivity contribution in [2.75, 3.05) is 31.3 Å². The SMILES string of the molecule is COC(=O)c1ccccc1NS(=O)(=O)CCOc1ccc(OC)cc1. The Morgan fingerprint density at radius 3 is 2.28 bits per heavy atom. The van der Waals surface area contributed by atoms with Gasteiger partial charge in [-0.15, -0.1) is 0 Å². The van der Waals surface area contributed by atoms with Crippen LogP contribution >= 0.6 is 0 Å². The number of esters is 1. The van der Waals surface area contributed by atoms with Crippen molar-refractivity contribution in [3.8, 4) is 11.5 Å². The van der Waals surface area contributed by atoms with Crippen LogP contribution in [0, 0.1) is 0 Å². The summed E-state index contributed by atoms with van der Waals surface area (Å²) in [6, 6.07) is 13.0. The minimum absolute atomic E-state index is 0.0396. The molecule has 0 saturated carbocycles. The smallest absolute Gasteiger partial charge is 0.339 e. The number of hydrogen-bond acceptors (Lipinski definition) is 6. The lowest BCUT2D eigenvalue weighted by Crippen LogP contribution is -2.22. The zero-order valence-corrected chi connectivity index (χ0v) is 14.7. The maximum atomic E-state index is 12.2. The Bertz CT molecular complexity index is 817. The van der Waals surface area contributed by atoms with Gasteiger partial charge < -0.3 is 14.2 Å².